The third-order valence-electron chi connectivity index (χ3n) is 4.65. The van der Waals surface area contributed by atoms with Gasteiger partial charge in [-0.05, 0) is 32.0 Å². The minimum atomic E-state index is -0.204. The fourth-order valence-electron chi connectivity index (χ4n) is 3.07. The Balaban J connectivity index is 1.56. The lowest BCUT2D eigenvalue weighted by molar-refractivity contribution is 0.0750. The van der Waals surface area contributed by atoms with Crippen LogP contribution in [-0.2, 0) is 11.3 Å². The zero-order chi connectivity index (χ0) is 18.5. The Morgan fingerprint density at radius 2 is 2.12 bits per heavy atom. The molecule has 140 valence electrons. The summed E-state index contributed by atoms with van der Waals surface area (Å²) in [6.07, 6.45) is -0.0128. The van der Waals surface area contributed by atoms with Crippen molar-refractivity contribution in [3.63, 3.8) is 0 Å². The van der Waals surface area contributed by atoms with Gasteiger partial charge >= 0.3 is 0 Å². The highest BCUT2D eigenvalue weighted by Gasteiger charge is 2.35. The Hall–Kier alpha value is -2.38. The highest BCUT2D eigenvalue weighted by atomic mass is 16.5. The van der Waals surface area contributed by atoms with Crippen molar-refractivity contribution in [1.82, 2.24) is 20.4 Å². The smallest absolute Gasteiger partial charge is 0.272 e. The van der Waals surface area contributed by atoms with Crippen molar-refractivity contribution in [1.29, 1.82) is 0 Å². The number of likely N-dealkylation sites (tertiary alicyclic amines) is 1. The number of aromatic nitrogens is 2. The van der Waals surface area contributed by atoms with Gasteiger partial charge in [0.2, 0.25) is 0 Å². The first kappa shape index (κ1) is 18.4. The van der Waals surface area contributed by atoms with Crippen molar-refractivity contribution in [2.24, 2.45) is 0 Å². The second-order valence-corrected chi connectivity index (χ2v) is 6.78. The van der Waals surface area contributed by atoms with Gasteiger partial charge in [-0.1, -0.05) is 18.2 Å². The van der Waals surface area contributed by atoms with E-state index in [2.05, 4.69) is 34.3 Å². The number of hydrogen-bond donors (Lipinski definition) is 2. The van der Waals surface area contributed by atoms with Crippen molar-refractivity contribution in [3.05, 3.63) is 47.8 Å². The Morgan fingerprint density at radius 3 is 2.81 bits per heavy atom. The third kappa shape index (κ3) is 4.42. The zero-order valence-corrected chi connectivity index (χ0v) is 15.4. The SMILES string of the molecule is CO[C@H]1CN(C(C)C)C[C@@H]1NC(=O)c1cc(COc2ccccc2)[nH]n1. The van der Waals surface area contributed by atoms with Crippen LogP contribution in [0, 0.1) is 0 Å². The summed E-state index contributed by atoms with van der Waals surface area (Å²) in [5.41, 5.74) is 1.10. The molecule has 1 amide bonds. The largest absolute Gasteiger partial charge is 0.487 e. The summed E-state index contributed by atoms with van der Waals surface area (Å²) in [4.78, 5) is 14.8. The van der Waals surface area contributed by atoms with Gasteiger partial charge in [0.05, 0.1) is 17.8 Å². The lowest BCUT2D eigenvalue weighted by Gasteiger charge is -2.19. The van der Waals surface area contributed by atoms with Gasteiger partial charge in [-0.2, -0.15) is 5.10 Å². The molecule has 1 aromatic heterocycles. The Bertz CT molecular complexity index is 717. The van der Waals surface area contributed by atoms with Gasteiger partial charge in [-0.25, -0.2) is 0 Å². The van der Waals surface area contributed by atoms with Crippen molar-refractivity contribution < 1.29 is 14.3 Å². The molecule has 2 aromatic rings. The molecule has 0 spiro atoms. The van der Waals surface area contributed by atoms with E-state index in [1.165, 1.54) is 0 Å². The third-order valence-corrected chi connectivity index (χ3v) is 4.65. The van der Waals surface area contributed by atoms with Crippen molar-refractivity contribution in [2.75, 3.05) is 20.2 Å². The molecule has 0 unspecified atom stereocenters. The highest BCUT2D eigenvalue weighted by Crippen LogP contribution is 2.16. The van der Waals surface area contributed by atoms with E-state index in [4.69, 9.17) is 9.47 Å². The molecular weight excluding hydrogens is 332 g/mol. The Kier molecular flexibility index (Phi) is 5.90. The van der Waals surface area contributed by atoms with E-state index in [1.807, 2.05) is 30.3 Å². The number of nitrogens with one attached hydrogen (secondary N) is 2. The molecule has 3 rings (SSSR count). The quantitative estimate of drug-likeness (QED) is 0.789. The lowest BCUT2D eigenvalue weighted by atomic mass is 10.2. The number of benzene rings is 1. The number of hydrogen-bond acceptors (Lipinski definition) is 5. The maximum Gasteiger partial charge on any atom is 0.272 e. The lowest BCUT2D eigenvalue weighted by Crippen LogP contribution is -2.43. The maximum absolute atomic E-state index is 12.5. The van der Waals surface area contributed by atoms with Crippen LogP contribution in [0.15, 0.2) is 36.4 Å². The summed E-state index contributed by atoms with van der Waals surface area (Å²) >= 11 is 0. The maximum atomic E-state index is 12.5. The number of amides is 1. The molecule has 2 atom stereocenters. The number of methoxy groups -OCH3 is 1. The molecule has 0 saturated carbocycles. The molecule has 26 heavy (non-hydrogen) atoms. The van der Waals surface area contributed by atoms with Crippen LogP contribution in [0.1, 0.15) is 30.0 Å². The predicted octanol–water partition coefficient (Wildman–Crippen LogP) is 1.83. The average Bonchev–Trinajstić information content (AvgIpc) is 3.28. The number of rotatable bonds is 7. The first-order valence-electron chi connectivity index (χ1n) is 8.86. The van der Waals surface area contributed by atoms with Crippen molar-refractivity contribution in [2.45, 2.75) is 38.6 Å². The van der Waals surface area contributed by atoms with Crippen LogP contribution >= 0.6 is 0 Å². The van der Waals surface area contributed by atoms with Crippen LogP contribution in [0.4, 0.5) is 0 Å². The molecule has 1 aliphatic heterocycles. The molecule has 7 nitrogen and oxygen atoms in total. The number of carbonyl (C=O) groups is 1. The number of H-pyrrole nitrogens is 1. The monoisotopic (exact) mass is 358 g/mol. The van der Waals surface area contributed by atoms with Crippen LogP contribution in [0.3, 0.4) is 0 Å². The van der Waals surface area contributed by atoms with E-state index in [-0.39, 0.29) is 18.1 Å². The van der Waals surface area contributed by atoms with Crippen LogP contribution in [0.25, 0.3) is 0 Å². The molecule has 0 aliphatic carbocycles. The standard InChI is InChI=1S/C19H26N4O3/c1-13(2)23-10-17(18(11-23)25-3)20-19(24)16-9-14(21-22-16)12-26-15-7-5-4-6-8-15/h4-9,13,17-18H,10-12H2,1-3H3,(H,20,24)(H,21,22)/t17-,18-/m0/s1. The molecule has 1 saturated heterocycles. The first-order valence-corrected chi connectivity index (χ1v) is 8.86. The number of para-hydroxylation sites is 1. The number of aromatic amines is 1. The molecule has 0 radical (unpaired) electrons. The number of ether oxygens (including phenoxy) is 2. The molecule has 2 N–H and O–H groups in total. The van der Waals surface area contributed by atoms with E-state index in [9.17, 15) is 4.79 Å². The van der Waals surface area contributed by atoms with Crippen molar-refractivity contribution >= 4 is 5.91 Å². The minimum absolute atomic E-state index is 0.0128. The molecule has 1 aromatic carbocycles. The summed E-state index contributed by atoms with van der Waals surface area (Å²) in [6, 6.07) is 11.6. The fourth-order valence-corrected chi connectivity index (χ4v) is 3.07. The fraction of sp³-hybridized carbons (Fsp3) is 0.474. The topological polar surface area (TPSA) is 79.5 Å². The van der Waals surface area contributed by atoms with Crippen LogP contribution in [0.5, 0.6) is 5.75 Å². The molecule has 1 aliphatic rings. The zero-order valence-electron chi connectivity index (χ0n) is 15.4. The van der Waals surface area contributed by atoms with Gasteiger partial charge < -0.3 is 14.8 Å². The van der Waals surface area contributed by atoms with Gasteiger partial charge in [0.1, 0.15) is 18.1 Å². The summed E-state index contributed by atoms with van der Waals surface area (Å²) in [5.74, 6) is 0.570. The number of carbonyl (C=O) groups excluding carboxylic acids is 1. The van der Waals surface area contributed by atoms with Gasteiger partial charge in [0.25, 0.3) is 5.91 Å². The Labute approximate surface area is 153 Å². The summed E-state index contributed by atoms with van der Waals surface area (Å²) in [5, 5.41) is 10.00. The van der Waals surface area contributed by atoms with Gasteiger partial charge in [-0.15, -0.1) is 0 Å². The molecule has 0 bridgehead atoms. The van der Waals surface area contributed by atoms with E-state index < -0.39 is 0 Å². The minimum Gasteiger partial charge on any atom is -0.487 e. The average molecular weight is 358 g/mol. The van der Waals surface area contributed by atoms with Crippen LogP contribution < -0.4 is 10.1 Å². The molecular formula is C19H26N4O3. The van der Waals surface area contributed by atoms with E-state index in [0.29, 0.717) is 18.3 Å². The second kappa shape index (κ2) is 8.33. The van der Waals surface area contributed by atoms with E-state index in [1.54, 1.807) is 13.2 Å². The Morgan fingerprint density at radius 1 is 1.35 bits per heavy atom. The van der Waals surface area contributed by atoms with Gasteiger partial charge in [0, 0.05) is 26.2 Å². The summed E-state index contributed by atoms with van der Waals surface area (Å²) in [7, 11) is 1.68. The predicted molar refractivity (Wildman–Crippen MR) is 98.1 cm³/mol. The summed E-state index contributed by atoms with van der Waals surface area (Å²) < 4.78 is 11.2. The van der Waals surface area contributed by atoms with E-state index >= 15 is 0 Å². The second-order valence-electron chi connectivity index (χ2n) is 6.78. The van der Waals surface area contributed by atoms with E-state index in [0.717, 1.165) is 24.5 Å². The van der Waals surface area contributed by atoms with Crippen LogP contribution in [-0.4, -0.2) is 59.4 Å². The van der Waals surface area contributed by atoms with Gasteiger partial charge in [-0.3, -0.25) is 14.8 Å². The van der Waals surface area contributed by atoms with Crippen LogP contribution in [0.2, 0.25) is 0 Å². The van der Waals surface area contributed by atoms with Crippen molar-refractivity contribution in [3.8, 4) is 5.75 Å². The number of nitrogens with zero attached hydrogens (tertiary/aromatic N) is 2. The summed E-state index contributed by atoms with van der Waals surface area (Å²) in [6.45, 7) is 6.20. The molecule has 2 heterocycles. The van der Waals surface area contributed by atoms with Gasteiger partial charge in [0.15, 0.2) is 0 Å². The first-order chi connectivity index (χ1) is 12.6. The molecule has 7 heteroatoms. The molecule has 1 fully saturated rings. The highest BCUT2D eigenvalue weighted by molar-refractivity contribution is 5.92. The normalized spacial score (nSPS) is 20.5.